The van der Waals surface area contributed by atoms with Gasteiger partial charge >= 0.3 is 6.18 Å². The van der Waals surface area contributed by atoms with E-state index in [2.05, 4.69) is 22.1 Å². The van der Waals surface area contributed by atoms with Crippen LogP contribution in [0.4, 0.5) is 18.9 Å². The highest BCUT2D eigenvalue weighted by Crippen LogP contribution is 2.34. The molecule has 2 aromatic carbocycles. The largest absolute Gasteiger partial charge is 0.497 e. The van der Waals surface area contributed by atoms with E-state index in [0.717, 1.165) is 30.0 Å². The molecule has 1 atom stereocenters. The number of methoxy groups -OCH3 is 1. The van der Waals surface area contributed by atoms with Gasteiger partial charge in [-0.15, -0.1) is 16.8 Å². The molecule has 0 saturated heterocycles. The molecule has 0 aliphatic carbocycles. The number of hydrogen-bond donors (Lipinski definition) is 1. The van der Waals surface area contributed by atoms with Crippen molar-refractivity contribution in [3.05, 3.63) is 71.5 Å². The van der Waals surface area contributed by atoms with Crippen molar-refractivity contribution in [3.8, 4) is 11.5 Å². The highest BCUT2D eigenvalue weighted by molar-refractivity contribution is 7.99. The Morgan fingerprint density at radius 3 is 2.54 bits per heavy atom. The summed E-state index contributed by atoms with van der Waals surface area (Å²) in [7, 11) is 1.57. The van der Waals surface area contributed by atoms with Crippen LogP contribution in [0, 0.1) is 0 Å². The second-order valence-corrected chi connectivity index (χ2v) is 8.55. The van der Waals surface area contributed by atoms with E-state index < -0.39 is 23.8 Å². The Morgan fingerprint density at radius 1 is 1.23 bits per heavy atom. The number of thioether (sulfide) groups is 1. The van der Waals surface area contributed by atoms with E-state index in [1.54, 1.807) is 42.0 Å². The van der Waals surface area contributed by atoms with Crippen molar-refractivity contribution < 1.29 is 27.4 Å². The Hall–Kier alpha value is -3.18. The second kappa shape index (κ2) is 11.5. The SMILES string of the molecule is C=CCn1c(SCC(=O)Nc2cc(C(F)(F)F)ccc2Cl)nnc1C(C)Oc1ccc(OC)cc1. The molecule has 1 N–H and O–H groups in total. The normalized spacial score (nSPS) is 12.2. The molecule has 0 bridgehead atoms. The molecule has 7 nitrogen and oxygen atoms in total. The number of benzene rings is 2. The highest BCUT2D eigenvalue weighted by atomic mass is 35.5. The number of hydrogen-bond acceptors (Lipinski definition) is 6. The van der Waals surface area contributed by atoms with Crippen molar-refractivity contribution in [1.82, 2.24) is 14.8 Å². The number of carbonyl (C=O) groups excluding carboxylic acids is 1. The van der Waals surface area contributed by atoms with E-state index in [1.807, 2.05) is 6.92 Å². The van der Waals surface area contributed by atoms with Gasteiger partial charge < -0.3 is 14.8 Å². The summed E-state index contributed by atoms with van der Waals surface area (Å²) in [6.07, 6.45) is -3.37. The van der Waals surface area contributed by atoms with Gasteiger partial charge in [0, 0.05) is 6.54 Å². The molecule has 0 aliphatic heterocycles. The molecule has 1 amide bonds. The zero-order valence-electron chi connectivity index (χ0n) is 18.8. The van der Waals surface area contributed by atoms with Crippen LogP contribution in [-0.4, -0.2) is 33.5 Å². The molecule has 12 heteroatoms. The van der Waals surface area contributed by atoms with Crippen LogP contribution in [0.1, 0.15) is 24.4 Å². The number of allylic oxidation sites excluding steroid dienone is 1. The number of ether oxygens (including phenoxy) is 2. The van der Waals surface area contributed by atoms with Crippen LogP contribution in [0.5, 0.6) is 11.5 Å². The summed E-state index contributed by atoms with van der Waals surface area (Å²) in [6.45, 7) is 5.92. The monoisotopic (exact) mass is 526 g/mol. The molecule has 35 heavy (non-hydrogen) atoms. The first-order valence-corrected chi connectivity index (χ1v) is 11.6. The maximum Gasteiger partial charge on any atom is 0.416 e. The average Bonchev–Trinajstić information content (AvgIpc) is 3.22. The Labute approximate surface area is 209 Å². The van der Waals surface area contributed by atoms with Crippen LogP contribution < -0.4 is 14.8 Å². The number of carbonyl (C=O) groups is 1. The van der Waals surface area contributed by atoms with E-state index in [-0.39, 0.29) is 16.5 Å². The third-order valence-corrected chi connectivity index (χ3v) is 5.99. The highest BCUT2D eigenvalue weighted by Gasteiger charge is 2.31. The molecule has 0 spiro atoms. The van der Waals surface area contributed by atoms with Gasteiger partial charge in [-0.1, -0.05) is 29.4 Å². The van der Waals surface area contributed by atoms with E-state index in [9.17, 15) is 18.0 Å². The quantitative estimate of drug-likeness (QED) is 0.257. The van der Waals surface area contributed by atoms with Gasteiger partial charge in [0.2, 0.25) is 5.91 Å². The molecule has 1 unspecified atom stereocenters. The van der Waals surface area contributed by atoms with E-state index in [4.69, 9.17) is 21.1 Å². The number of alkyl halides is 3. The van der Waals surface area contributed by atoms with Crippen LogP contribution in [0.15, 0.2) is 60.3 Å². The lowest BCUT2D eigenvalue weighted by molar-refractivity contribution is -0.137. The Bertz CT molecular complexity index is 1190. The standard InChI is InChI=1S/C23H22ClF3N4O3S/c1-4-11-31-21(14(2)34-17-8-6-16(33-3)7-9-17)29-30-22(31)35-13-20(32)28-19-12-15(23(25,26)27)5-10-18(19)24/h4-10,12,14H,1,11,13H2,2-3H3,(H,28,32). The van der Waals surface area contributed by atoms with Gasteiger partial charge in [0.1, 0.15) is 11.5 Å². The second-order valence-electron chi connectivity index (χ2n) is 7.20. The minimum atomic E-state index is -4.55. The Balaban J connectivity index is 1.68. The first-order chi connectivity index (χ1) is 16.6. The summed E-state index contributed by atoms with van der Waals surface area (Å²) in [4.78, 5) is 12.4. The third-order valence-electron chi connectivity index (χ3n) is 4.69. The van der Waals surface area contributed by atoms with Crippen molar-refractivity contribution in [3.63, 3.8) is 0 Å². The summed E-state index contributed by atoms with van der Waals surface area (Å²) in [5.41, 5.74) is -1.03. The van der Waals surface area contributed by atoms with E-state index in [1.165, 1.54) is 0 Å². The number of anilines is 1. The number of rotatable bonds is 10. The Morgan fingerprint density at radius 2 is 1.91 bits per heavy atom. The van der Waals surface area contributed by atoms with Crippen molar-refractivity contribution in [2.45, 2.75) is 30.9 Å². The third kappa shape index (κ3) is 6.92. The molecule has 1 heterocycles. The van der Waals surface area contributed by atoms with Gasteiger partial charge in [0.25, 0.3) is 0 Å². The lowest BCUT2D eigenvalue weighted by Gasteiger charge is -2.16. The molecular weight excluding hydrogens is 505 g/mol. The summed E-state index contributed by atoms with van der Waals surface area (Å²) in [6, 6.07) is 9.80. The van der Waals surface area contributed by atoms with Gasteiger partial charge in [-0.2, -0.15) is 13.2 Å². The van der Waals surface area contributed by atoms with Crippen molar-refractivity contribution in [2.24, 2.45) is 0 Å². The van der Waals surface area contributed by atoms with E-state index >= 15 is 0 Å². The molecule has 0 saturated carbocycles. The predicted molar refractivity (Wildman–Crippen MR) is 128 cm³/mol. The molecule has 3 aromatic rings. The summed E-state index contributed by atoms with van der Waals surface area (Å²) in [5.74, 6) is 1.15. The van der Waals surface area contributed by atoms with Gasteiger partial charge in [-0.25, -0.2) is 0 Å². The summed E-state index contributed by atoms with van der Waals surface area (Å²) >= 11 is 7.02. The van der Waals surface area contributed by atoms with Gasteiger partial charge in [0.05, 0.1) is 29.1 Å². The van der Waals surface area contributed by atoms with Gasteiger partial charge in [-0.3, -0.25) is 9.36 Å². The van der Waals surface area contributed by atoms with E-state index in [0.29, 0.717) is 29.0 Å². The van der Waals surface area contributed by atoms with Crippen molar-refractivity contribution in [2.75, 3.05) is 18.2 Å². The summed E-state index contributed by atoms with van der Waals surface area (Å²) in [5, 5.41) is 11.2. The van der Waals surface area contributed by atoms with Crippen LogP contribution in [-0.2, 0) is 17.5 Å². The van der Waals surface area contributed by atoms with Crippen molar-refractivity contribution in [1.29, 1.82) is 0 Å². The predicted octanol–water partition coefficient (Wildman–Crippen LogP) is 6.02. The molecule has 0 radical (unpaired) electrons. The van der Waals surface area contributed by atoms with Crippen LogP contribution in [0.25, 0.3) is 0 Å². The number of nitrogens with one attached hydrogen (secondary N) is 1. The molecule has 186 valence electrons. The molecule has 0 aliphatic rings. The molecule has 3 rings (SSSR count). The Kier molecular flexibility index (Phi) is 8.68. The fraction of sp³-hybridized carbons (Fsp3) is 0.261. The number of nitrogens with zero attached hydrogens (tertiary/aromatic N) is 3. The lowest BCUT2D eigenvalue weighted by Crippen LogP contribution is -2.16. The molecular formula is C23H22ClF3N4O3S. The van der Waals surface area contributed by atoms with Crippen LogP contribution >= 0.6 is 23.4 Å². The summed E-state index contributed by atoms with van der Waals surface area (Å²) < 4.78 is 51.7. The molecule has 1 aromatic heterocycles. The van der Waals surface area contributed by atoms with Gasteiger partial charge in [-0.05, 0) is 49.4 Å². The maximum atomic E-state index is 13.0. The maximum absolute atomic E-state index is 13.0. The van der Waals surface area contributed by atoms with Gasteiger partial charge in [0.15, 0.2) is 17.1 Å². The first-order valence-electron chi connectivity index (χ1n) is 10.3. The number of amides is 1. The topological polar surface area (TPSA) is 78.3 Å². The average molecular weight is 527 g/mol. The van der Waals surface area contributed by atoms with Crippen molar-refractivity contribution >= 4 is 35.0 Å². The zero-order valence-corrected chi connectivity index (χ0v) is 20.4. The first kappa shape index (κ1) is 26.4. The molecule has 0 fully saturated rings. The minimum Gasteiger partial charge on any atom is -0.497 e. The zero-order chi connectivity index (χ0) is 25.6. The smallest absolute Gasteiger partial charge is 0.416 e. The minimum absolute atomic E-state index is 0.00188. The van der Waals surface area contributed by atoms with Crippen LogP contribution in [0.2, 0.25) is 5.02 Å². The fourth-order valence-corrected chi connectivity index (χ4v) is 3.95. The fourth-order valence-electron chi connectivity index (χ4n) is 3.03. The number of aromatic nitrogens is 3. The van der Waals surface area contributed by atoms with Crippen LogP contribution in [0.3, 0.4) is 0 Å². The lowest BCUT2D eigenvalue weighted by atomic mass is 10.2. The number of halogens is 4.